The lowest BCUT2D eigenvalue weighted by Crippen LogP contribution is -2.15. The zero-order valence-electron chi connectivity index (χ0n) is 8.92. The third-order valence-electron chi connectivity index (χ3n) is 2.28. The molecular formula is C11H14F3NO. The van der Waals surface area contributed by atoms with Crippen molar-refractivity contribution in [2.45, 2.75) is 25.1 Å². The summed E-state index contributed by atoms with van der Waals surface area (Å²) in [7, 11) is 1.53. The predicted molar refractivity (Wildman–Crippen MR) is 55.2 cm³/mol. The lowest BCUT2D eigenvalue weighted by atomic mass is 10.0. The Bertz CT molecular complexity index is 321. The van der Waals surface area contributed by atoms with Crippen molar-refractivity contribution in [2.24, 2.45) is 5.73 Å². The average Bonchev–Trinajstić information content (AvgIpc) is 2.25. The number of hydrogen-bond donors (Lipinski definition) is 1. The third kappa shape index (κ3) is 4.10. The minimum absolute atomic E-state index is 0.101. The van der Waals surface area contributed by atoms with E-state index in [1.54, 1.807) is 24.3 Å². The fraction of sp³-hybridized carbons (Fsp3) is 0.455. The molecule has 2 N–H and O–H groups in total. The minimum Gasteiger partial charge on any atom is -0.497 e. The van der Waals surface area contributed by atoms with Crippen LogP contribution in [0.2, 0.25) is 0 Å². The normalized spacial score (nSPS) is 13.6. The molecule has 0 spiro atoms. The number of rotatable bonds is 4. The third-order valence-corrected chi connectivity index (χ3v) is 2.28. The van der Waals surface area contributed by atoms with E-state index in [1.165, 1.54) is 7.11 Å². The van der Waals surface area contributed by atoms with Crippen LogP contribution in [0.15, 0.2) is 24.3 Å². The number of methoxy groups -OCH3 is 1. The quantitative estimate of drug-likeness (QED) is 0.867. The molecule has 0 aliphatic heterocycles. The Morgan fingerprint density at radius 2 is 1.81 bits per heavy atom. The molecule has 0 bridgehead atoms. The van der Waals surface area contributed by atoms with Crippen molar-refractivity contribution >= 4 is 0 Å². The number of hydrogen-bond acceptors (Lipinski definition) is 2. The topological polar surface area (TPSA) is 35.2 Å². The molecule has 2 nitrogen and oxygen atoms in total. The summed E-state index contributed by atoms with van der Waals surface area (Å²) in [5.74, 6) is 0.659. The summed E-state index contributed by atoms with van der Waals surface area (Å²) in [6.07, 6.45) is -5.11. The van der Waals surface area contributed by atoms with Crippen LogP contribution in [0.3, 0.4) is 0 Å². The van der Waals surface area contributed by atoms with Gasteiger partial charge in [0.1, 0.15) is 5.75 Å². The van der Waals surface area contributed by atoms with Gasteiger partial charge in [-0.1, -0.05) is 12.1 Å². The highest BCUT2D eigenvalue weighted by molar-refractivity contribution is 5.28. The van der Waals surface area contributed by atoms with Gasteiger partial charge in [0, 0.05) is 12.5 Å². The number of halogens is 3. The van der Waals surface area contributed by atoms with Crippen LogP contribution in [0.4, 0.5) is 13.2 Å². The van der Waals surface area contributed by atoms with Gasteiger partial charge in [0.15, 0.2) is 0 Å². The van der Waals surface area contributed by atoms with Crippen LogP contribution in [-0.2, 0) is 0 Å². The molecule has 0 amide bonds. The fourth-order valence-electron chi connectivity index (χ4n) is 1.34. The van der Waals surface area contributed by atoms with E-state index in [1.807, 2.05) is 0 Å². The van der Waals surface area contributed by atoms with Gasteiger partial charge in [-0.25, -0.2) is 0 Å². The SMILES string of the molecule is COc1ccc([C@@H](N)CCC(F)(F)F)cc1. The van der Waals surface area contributed by atoms with Crippen molar-refractivity contribution in [1.82, 2.24) is 0 Å². The summed E-state index contributed by atoms with van der Waals surface area (Å²) < 4.78 is 40.9. The smallest absolute Gasteiger partial charge is 0.389 e. The Hall–Kier alpha value is -1.23. The van der Waals surface area contributed by atoms with Crippen molar-refractivity contribution in [3.63, 3.8) is 0 Å². The van der Waals surface area contributed by atoms with Crippen LogP contribution in [0.25, 0.3) is 0 Å². The van der Waals surface area contributed by atoms with Crippen LogP contribution < -0.4 is 10.5 Å². The van der Waals surface area contributed by atoms with E-state index in [-0.39, 0.29) is 6.42 Å². The summed E-state index contributed by atoms with van der Waals surface area (Å²) in [6.45, 7) is 0. The Morgan fingerprint density at radius 3 is 2.25 bits per heavy atom. The molecule has 0 fully saturated rings. The second kappa shape index (κ2) is 5.21. The van der Waals surface area contributed by atoms with Crippen molar-refractivity contribution < 1.29 is 17.9 Å². The van der Waals surface area contributed by atoms with E-state index in [2.05, 4.69) is 0 Å². The number of benzene rings is 1. The molecule has 0 saturated carbocycles. The van der Waals surface area contributed by atoms with Crippen molar-refractivity contribution in [1.29, 1.82) is 0 Å². The number of ether oxygens (including phenoxy) is 1. The average molecular weight is 233 g/mol. The molecule has 0 unspecified atom stereocenters. The molecule has 1 aromatic rings. The first-order chi connectivity index (χ1) is 7.42. The molecule has 0 saturated heterocycles. The van der Waals surface area contributed by atoms with Gasteiger partial charge in [-0.2, -0.15) is 13.2 Å². The number of alkyl halides is 3. The highest BCUT2D eigenvalue weighted by Gasteiger charge is 2.27. The summed E-state index contributed by atoms with van der Waals surface area (Å²) in [6, 6.07) is 6.14. The van der Waals surface area contributed by atoms with Crippen LogP contribution >= 0.6 is 0 Å². The van der Waals surface area contributed by atoms with Crippen LogP contribution in [0.1, 0.15) is 24.4 Å². The first-order valence-electron chi connectivity index (χ1n) is 4.88. The maximum absolute atomic E-state index is 12.0. The molecular weight excluding hydrogens is 219 g/mol. The van der Waals surface area contributed by atoms with Gasteiger partial charge in [0.25, 0.3) is 0 Å². The summed E-state index contributed by atoms with van der Waals surface area (Å²) in [5.41, 5.74) is 6.34. The van der Waals surface area contributed by atoms with E-state index in [0.29, 0.717) is 11.3 Å². The van der Waals surface area contributed by atoms with Crippen molar-refractivity contribution in [3.05, 3.63) is 29.8 Å². The zero-order valence-corrected chi connectivity index (χ0v) is 8.92. The molecule has 0 aromatic heterocycles. The van der Waals surface area contributed by atoms with Crippen molar-refractivity contribution in [3.8, 4) is 5.75 Å². The highest BCUT2D eigenvalue weighted by Crippen LogP contribution is 2.26. The van der Waals surface area contributed by atoms with E-state index in [9.17, 15) is 13.2 Å². The Labute approximate surface area is 92.2 Å². The summed E-state index contributed by atoms with van der Waals surface area (Å²) in [5, 5.41) is 0. The molecule has 5 heteroatoms. The first-order valence-corrected chi connectivity index (χ1v) is 4.88. The monoisotopic (exact) mass is 233 g/mol. The summed E-state index contributed by atoms with van der Waals surface area (Å²) >= 11 is 0. The molecule has 90 valence electrons. The molecule has 0 aliphatic rings. The minimum atomic E-state index is -4.15. The molecule has 16 heavy (non-hydrogen) atoms. The van der Waals surface area contributed by atoms with Gasteiger partial charge < -0.3 is 10.5 Å². The van der Waals surface area contributed by atoms with Gasteiger partial charge in [-0.05, 0) is 24.1 Å². The summed E-state index contributed by atoms with van der Waals surface area (Å²) in [4.78, 5) is 0. The van der Waals surface area contributed by atoms with Gasteiger partial charge in [-0.15, -0.1) is 0 Å². The molecule has 1 aromatic carbocycles. The zero-order chi connectivity index (χ0) is 12.2. The number of nitrogens with two attached hydrogens (primary N) is 1. The lowest BCUT2D eigenvalue weighted by molar-refractivity contribution is -0.136. The maximum Gasteiger partial charge on any atom is 0.389 e. The molecule has 1 atom stereocenters. The van der Waals surface area contributed by atoms with Crippen LogP contribution in [0.5, 0.6) is 5.75 Å². The maximum atomic E-state index is 12.0. The molecule has 1 rings (SSSR count). The van der Waals surface area contributed by atoms with Gasteiger partial charge in [0.2, 0.25) is 0 Å². The van der Waals surface area contributed by atoms with E-state index in [0.717, 1.165) is 0 Å². The molecule has 0 radical (unpaired) electrons. The molecule has 0 heterocycles. The van der Waals surface area contributed by atoms with E-state index in [4.69, 9.17) is 10.5 Å². The van der Waals surface area contributed by atoms with Crippen LogP contribution in [-0.4, -0.2) is 13.3 Å². The Morgan fingerprint density at radius 1 is 1.25 bits per heavy atom. The first kappa shape index (κ1) is 12.8. The van der Waals surface area contributed by atoms with Crippen LogP contribution in [0, 0.1) is 0 Å². The Balaban J connectivity index is 2.56. The Kier molecular flexibility index (Phi) is 4.18. The lowest BCUT2D eigenvalue weighted by Gasteiger charge is -2.13. The highest BCUT2D eigenvalue weighted by atomic mass is 19.4. The van der Waals surface area contributed by atoms with Gasteiger partial charge in [-0.3, -0.25) is 0 Å². The second-order valence-electron chi connectivity index (χ2n) is 3.53. The van der Waals surface area contributed by atoms with E-state index < -0.39 is 18.6 Å². The fourth-order valence-corrected chi connectivity index (χ4v) is 1.34. The second-order valence-corrected chi connectivity index (χ2v) is 3.53. The predicted octanol–water partition coefficient (Wildman–Crippen LogP) is 3.04. The van der Waals surface area contributed by atoms with Gasteiger partial charge in [0.05, 0.1) is 7.11 Å². The van der Waals surface area contributed by atoms with Gasteiger partial charge >= 0.3 is 6.18 Å². The largest absolute Gasteiger partial charge is 0.497 e. The standard InChI is InChI=1S/C11H14F3NO/c1-16-9-4-2-8(3-5-9)10(15)6-7-11(12,13)14/h2-5,10H,6-7,15H2,1H3/t10-/m0/s1. The molecule has 0 aliphatic carbocycles. The van der Waals surface area contributed by atoms with E-state index >= 15 is 0 Å². The van der Waals surface area contributed by atoms with Crippen molar-refractivity contribution in [2.75, 3.05) is 7.11 Å².